The van der Waals surface area contributed by atoms with E-state index in [0.29, 0.717) is 11.3 Å². The van der Waals surface area contributed by atoms with E-state index < -0.39 is 12.2 Å². The van der Waals surface area contributed by atoms with Crippen molar-refractivity contribution in [2.45, 2.75) is 19.1 Å². The van der Waals surface area contributed by atoms with Gasteiger partial charge in [-0.25, -0.2) is 0 Å². The number of rotatable bonds is 6. The molecular formula is C15H18O3. The summed E-state index contributed by atoms with van der Waals surface area (Å²) in [6.07, 6.45) is -1.99. The standard InChI is InChI=1S/C15H18O3/c1-10(2)14(17)15(11(3)16)18-12(4)13-8-6-5-7-9-13/h5-9,14-17H,1,3-4H2,2H3. The molecule has 0 aliphatic heterocycles. The lowest BCUT2D eigenvalue weighted by molar-refractivity contribution is 0.0394. The summed E-state index contributed by atoms with van der Waals surface area (Å²) >= 11 is 0. The summed E-state index contributed by atoms with van der Waals surface area (Å²) in [6, 6.07) is 9.23. The summed E-state index contributed by atoms with van der Waals surface area (Å²) in [5.41, 5.74) is 1.26. The van der Waals surface area contributed by atoms with Gasteiger partial charge in [-0.2, -0.15) is 0 Å². The van der Waals surface area contributed by atoms with Gasteiger partial charge in [-0.1, -0.05) is 50.1 Å². The largest absolute Gasteiger partial charge is 0.509 e. The summed E-state index contributed by atoms with van der Waals surface area (Å²) in [7, 11) is 0. The normalized spacial score (nSPS) is 13.4. The first-order chi connectivity index (χ1) is 8.43. The highest BCUT2D eigenvalue weighted by atomic mass is 16.5. The number of hydrogen-bond acceptors (Lipinski definition) is 3. The van der Waals surface area contributed by atoms with Gasteiger partial charge in [-0.05, 0) is 12.5 Å². The van der Waals surface area contributed by atoms with E-state index in [2.05, 4.69) is 19.7 Å². The molecule has 0 radical (unpaired) electrons. The molecule has 0 aromatic heterocycles. The summed E-state index contributed by atoms with van der Waals surface area (Å²) in [6.45, 7) is 12.4. The van der Waals surface area contributed by atoms with E-state index in [4.69, 9.17) is 4.74 Å². The maximum Gasteiger partial charge on any atom is 0.184 e. The summed E-state index contributed by atoms with van der Waals surface area (Å²) in [5, 5.41) is 19.3. The van der Waals surface area contributed by atoms with Gasteiger partial charge in [-0.15, -0.1) is 0 Å². The topological polar surface area (TPSA) is 49.7 Å². The predicted molar refractivity (Wildman–Crippen MR) is 72.9 cm³/mol. The molecule has 1 aromatic rings. The number of aliphatic hydroxyl groups is 2. The van der Waals surface area contributed by atoms with Crippen molar-refractivity contribution in [1.82, 2.24) is 0 Å². The quantitative estimate of drug-likeness (QED) is 0.599. The van der Waals surface area contributed by atoms with Crippen LogP contribution in [0, 0.1) is 0 Å². The average Bonchev–Trinajstić information content (AvgIpc) is 2.35. The number of benzene rings is 1. The van der Waals surface area contributed by atoms with E-state index >= 15 is 0 Å². The Morgan fingerprint density at radius 1 is 1.17 bits per heavy atom. The fourth-order valence-electron chi connectivity index (χ4n) is 1.42. The van der Waals surface area contributed by atoms with E-state index in [-0.39, 0.29) is 5.76 Å². The zero-order valence-electron chi connectivity index (χ0n) is 10.5. The zero-order valence-corrected chi connectivity index (χ0v) is 10.5. The van der Waals surface area contributed by atoms with Crippen LogP contribution in [0.4, 0.5) is 0 Å². The van der Waals surface area contributed by atoms with Gasteiger partial charge in [0.2, 0.25) is 0 Å². The third kappa shape index (κ3) is 3.50. The Hall–Kier alpha value is -2.00. The van der Waals surface area contributed by atoms with Gasteiger partial charge >= 0.3 is 0 Å². The van der Waals surface area contributed by atoms with Crippen molar-refractivity contribution in [3.05, 3.63) is 67.0 Å². The Balaban J connectivity index is 2.83. The molecule has 0 bridgehead atoms. The fraction of sp³-hybridized carbons (Fsp3) is 0.200. The molecule has 3 nitrogen and oxygen atoms in total. The Labute approximate surface area is 107 Å². The third-order valence-electron chi connectivity index (χ3n) is 2.49. The van der Waals surface area contributed by atoms with E-state index in [1.165, 1.54) is 0 Å². The minimum Gasteiger partial charge on any atom is -0.509 e. The molecule has 0 amide bonds. The van der Waals surface area contributed by atoms with Crippen LogP contribution < -0.4 is 0 Å². The molecule has 2 N–H and O–H groups in total. The van der Waals surface area contributed by atoms with Crippen LogP contribution in [0.2, 0.25) is 0 Å². The molecule has 0 spiro atoms. The van der Waals surface area contributed by atoms with Gasteiger partial charge in [0.05, 0.1) is 0 Å². The lowest BCUT2D eigenvalue weighted by Crippen LogP contribution is -2.30. The summed E-state index contributed by atoms with van der Waals surface area (Å²) in [5.74, 6) is 0.0960. The molecular weight excluding hydrogens is 228 g/mol. The first kappa shape index (κ1) is 14.1. The minimum atomic E-state index is -1.03. The number of aliphatic hydroxyl groups excluding tert-OH is 2. The molecule has 0 saturated carbocycles. The molecule has 96 valence electrons. The predicted octanol–water partition coefficient (Wildman–Crippen LogP) is 3.05. The molecule has 0 aliphatic rings. The molecule has 3 heteroatoms. The summed E-state index contributed by atoms with van der Waals surface area (Å²) in [4.78, 5) is 0. The number of ether oxygens (including phenoxy) is 1. The van der Waals surface area contributed by atoms with Crippen LogP contribution in [-0.2, 0) is 4.74 Å². The van der Waals surface area contributed by atoms with Crippen molar-refractivity contribution < 1.29 is 14.9 Å². The van der Waals surface area contributed by atoms with Crippen LogP contribution in [0.25, 0.3) is 5.76 Å². The molecule has 2 unspecified atom stereocenters. The van der Waals surface area contributed by atoms with Gasteiger partial charge in [-0.3, -0.25) is 0 Å². The highest BCUT2D eigenvalue weighted by Crippen LogP contribution is 2.21. The van der Waals surface area contributed by atoms with Crippen LogP contribution in [-0.4, -0.2) is 22.4 Å². The highest BCUT2D eigenvalue weighted by Gasteiger charge is 2.25. The third-order valence-corrected chi connectivity index (χ3v) is 2.49. The van der Waals surface area contributed by atoms with Crippen LogP contribution in [0.3, 0.4) is 0 Å². The van der Waals surface area contributed by atoms with Gasteiger partial charge in [0, 0.05) is 5.56 Å². The van der Waals surface area contributed by atoms with Crippen molar-refractivity contribution in [2.24, 2.45) is 0 Å². The van der Waals surface area contributed by atoms with Crippen LogP contribution in [0.1, 0.15) is 12.5 Å². The lowest BCUT2D eigenvalue weighted by atomic mass is 10.1. The number of hydrogen-bond donors (Lipinski definition) is 2. The van der Waals surface area contributed by atoms with Crippen molar-refractivity contribution in [2.75, 3.05) is 0 Å². The molecule has 0 heterocycles. The molecule has 0 saturated heterocycles. The Bertz CT molecular complexity index is 448. The molecule has 0 aliphatic carbocycles. The van der Waals surface area contributed by atoms with Crippen molar-refractivity contribution in [3.8, 4) is 0 Å². The fourth-order valence-corrected chi connectivity index (χ4v) is 1.42. The molecule has 18 heavy (non-hydrogen) atoms. The first-order valence-electron chi connectivity index (χ1n) is 5.55. The van der Waals surface area contributed by atoms with Crippen molar-refractivity contribution >= 4 is 5.76 Å². The zero-order chi connectivity index (χ0) is 13.7. The smallest absolute Gasteiger partial charge is 0.184 e. The minimum absolute atomic E-state index is 0.261. The maximum absolute atomic E-state index is 9.87. The second kappa shape index (κ2) is 6.07. The van der Waals surface area contributed by atoms with Gasteiger partial charge in [0.15, 0.2) is 6.10 Å². The lowest BCUT2D eigenvalue weighted by Gasteiger charge is -2.24. The SMILES string of the molecule is C=C(OC(C(=C)O)C(O)C(=C)C)c1ccccc1. The van der Waals surface area contributed by atoms with E-state index in [1.54, 1.807) is 6.92 Å². The summed E-state index contributed by atoms with van der Waals surface area (Å²) < 4.78 is 5.47. The van der Waals surface area contributed by atoms with Gasteiger partial charge in [0.25, 0.3) is 0 Å². The van der Waals surface area contributed by atoms with Gasteiger partial charge in [0.1, 0.15) is 17.6 Å². The Kier molecular flexibility index (Phi) is 4.75. The second-order valence-electron chi connectivity index (χ2n) is 4.11. The van der Waals surface area contributed by atoms with E-state index in [9.17, 15) is 10.2 Å². The van der Waals surface area contributed by atoms with Crippen molar-refractivity contribution in [1.29, 1.82) is 0 Å². The van der Waals surface area contributed by atoms with Crippen LogP contribution >= 0.6 is 0 Å². The van der Waals surface area contributed by atoms with E-state index in [1.807, 2.05) is 30.3 Å². The van der Waals surface area contributed by atoms with Crippen molar-refractivity contribution in [3.63, 3.8) is 0 Å². The average molecular weight is 246 g/mol. The Morgan fingerprint density at radius 3 is 2.17 bits per heavy atom. The monoisotopic (exact) mass is 246 g/mol. The highest BCUT2D eigenvalue weighted by molar-refractivity contribution is 5.57. The molecule has 1 rings (SSSR count). The maximum atomic E-state index is 9.87. The Morgan fingerprint density at radius 2 is 1.72 bits per heavy atom. The molecule has 1 aromatic carbocycles. The van der Waals surface area contributed by atoms with E-state index in [0.717, 1.165) is 5.56 Å². The second-order valence-corrected chi connectivity index (χ2v) is 4.11. The van der Waals surface area contributed by atoms with Crippen LogP contribution in [0.15, 0.2) is 61.4 Å². The van der Waals surface area contributed by atoms with Gasteiger partial charge < -0.3 is 14.9 Å². The van der Waals surface area contributed by atoms with Crippen LogP contribution in [0.5, 0.6) is 0 Å². The molecule has 0 fully saturated rings. The molecule has 2 atom stereocenters. The first-order valence-corrected chi connectivity index (χ1v) is 5.55.